The van der Waals surface area contributed by atoms with Gasteiger partial charge < -0.3 is 68.9 Å². The lowest BCUT2D eigenvalue weighted by Crippen LogP contribution is -2.54. The highest BCUT2D eigenvalue weighted by Gasteiger charge is 2.68. The van der Waals surface area contributed by atoms with Crippen molar-refractivity contribution in [3.8, 4) is 0 Å². The SMILES string of the molecule is C.C.C.C.C.C=C1O[C@@H](N2C=CC(=O)CC2=O)[C@](C)(O)[C@@H]1O.CC[C@@]1(F)O[C@@H](N2C=CC(=O)CC2=O)[C@](C)(OC(=O)c2ccccc2)[C@@H]1C.C[C@H]1[C@@](C)(OC(=O)c2ccccc2)[C@H](N2C=CC(=O)CC2=O)O[C@]1(F)CI.C[C@]1(O)[C@H](N2C=CC(=O)CC2=O)O[C@](F)(CI)[C@H]1O.C[C@]1(O)[C@H](N2C=CC(=O)CC2=O)O[C@](F)(CO)[C@H]1O. The van der Waals surface area contributed by atoms with Gasteiger partial charge in [0.15, 0.2) is 70.6 Å². The summed E-state index contributed by atoms with van der Waals surface area (Å²) < 4.78 is 96.4. The summed E-state index contributed by atoms with van der Waals surface area (Å²) in [5.74, 6) is -17.1. The number of benzene rings is 2. The number of nitrogens with zero attached hydrogens (tertiary/aromatic N) is 5. The number of aliphatic hydroxyl groups is 7. The predicted octanol–water partition coefficient (Wildman–Crippen LogP) is 6.76. The molecule has 0 saturated carbocycles. The zero-order valence-corrected chi connectivity index (χ0v) is 64.1. The number of rotatable bonds is 13. The Morgan fingerprint density at radius 3 is 0.991 bits per heavy atom. The number of aliphatic hydroxyl groups excluding tert-OH is 4. The number of halogens is 6. The second-order valence-electron chi connectivity index (χ2n) is 27.7. The van der Waals surface area contributed by atoms with Gasteiger partial charge in [0.1, 0.15) is 41.9 Å². The summed E-state index contributed by atoms with van der Waals surface area (Å²) in [7, 11) is 0. The molecular formula is C77H101F4I2N5O26. The van der Waals surface area contributed by atoms with Gasteiger partial charge in [0.2, 0.25) is 53.3 Å². The molecule has 37 heteroatoms. The summed E-state index contributed by atoms with van der Waals surface area (Å²) in [6.45, 7) is 13.8. The van der Waals surface area contributed by atoms with Gasteiger partial charge in [-0.05, 0) is 89.3 Å². The summed E-state index contributed by atoms with van der Waals surface area (Å²) >= 11 is 3.54. The molecule has 7 N–H and O–H groups in total. The first-order valence-electron chi connectivity index (χ1n) is 33.6. The number of hydrogen-bond donors (Lipinski definition) is 7. The van der Waals surface area contributed by atoms with Crippen LogP contribution in [-0.4, -0.2) is 247 Å². The highest BCUT2D eigenvalue weighted by atomic mass is 127. The molecular weight excluding hydrogens is 1740 g/mol. The van der Waals surface area contributed by atoms with Crippen LogP contribution in [0.4, 0.5) is 17.6 Å². The minimum Gasteiger partial charge on any atom is -0.469 e. The second-order valence-corrected chi connectivity index (χ2v) is 29.3. The minimum atomic E-state index is -2.87. The van der Waals surface area contributed by atoms with E-state index < -0.39 is 173 Å². The highest BCUT2D eigenvalue weighted by Crippen LogP contribution is 2.52. The van der Waals surface area contributed by atoms with Gasteiger partial charge in [0.25, 0.3) is 5.85 Å². The van der Waals surface area contributed by atoms with Crippen molar-refractivity contribution in [1.82, 2.24) is 24.5 Å². The van der Waals surface area contributed by atoms with Crippen LogP contribution in [0.2, 0.25) is 0 Å². The Hall–Kier alpha value is -7.94. The lowest BCUT2D eigenvalue weighted by Gasteiger charge is -2.38. The molecule has 10 aliphatic rings. The van der Waals surface area contributed by atoms with Gasteiger partial charge in [0.05, 0.1) is 63.9 Å². The third kappa shape index (κ3) is 20.0. The van der Waals surface area contributed by atoms with E-state index in [4.69, 9.17) is 38.3 Å². The van der Waals surface area contributed by atoms with E-state index in [9.17, 15) is 97.0 Å². The molecule has 10 heterocycles. The number of ketones is 5. The van der Waals surface area contributed by atoms with Gasteiger partial charge in [-0.3, -0.25) is 72.4 Å². The Labute approximate surface area is 684 Å². The van der Waals surface area contributed by atoms with E-state index in [0.29, 0.717) is 11.1 Å². The Balaban J connectivity index is 0.000000369. The Kier molecular flexibility index (Phi) is 33.8. The lowest BCUT2D eigenvalue weighted by atomic mass is 9.84. The van der Waals surface area contributed by atoms with Gasteiger partial charge in [-0.1, -0.05) is 146 Å². The molecule has 0 aromatic heterocycles. The smallest absolute Gasteiger partial charge is 0.338 e. The van der Waals surface area contributed by atoms with E-state index in [-0.39, 0.29) is 107 Å². The first-order chi connectivity index (χ1) is 50.7. The molecule has 2 aromatic rings. The van der Waals surface area contributed by atoms with E-state index in [1.54, 1.807) is 118 Å². The largest absolute Gasteiger partial charge is 0.469 e. The van der Waals surface area contributed by atoms with Crippen molar-refractivity contribution >= 4 is 116 Å². The normalized spacial score (nSPS) is 35.8. The lowest BCUT2D eigenvalue weighted by molar-refractivity contribution is -0.213. The maximum Gasteiger partial charge on any atom is 0.338 e. The van der Waals surface area contributed by atoms with Crippen LogP contribution in [0.5, 0.6) is 0 Å². The molecule has 0 aliphatic carbocycles. The number of carbonyl (C=O) groups is 12. The number of amides is 5. The van der Waals surface area contributed by atoms with Crippen LogP contribution in [0.1, 0.15) is 152 Å². The topological polar surface area (TPSA) is 427 Å². The molecule has 114 heavy (non-hydrogen) atoms. The molecule has 2 aromatic carbocycles. The number of allylic oxidation sites excluding steroid dienone is 5. The summed E-state index contributed by atoms with van der Waals surface area (Å²) in [5, 5.41) is 68.4. The number of alkyl halides is 6. The van der Waals surface area contributed by atoms with Gasteiger partial charge in [-0.25, -0.2) is 27.2 Å². The minimum absolute atomic E-state index is 0. The van der Waals surface area contributed by atoms with Crippen molar-refractivity contribution < 1.29 is 144 Å². The maximum absolute atomic E-state index is 15.3. The summed E-state index contributed by atoms with van der Waals surface area (Å²) in [5.41, 5.74) is -8.03. The van der Waals surface area contributed by atoms with E-state index in [2.05, 4.69) is 6.58 Å². The zero-order valence-electron chi connectivity index (χ0n) is 59.8. The monoisotopic (exact) mass is 1840 g/mol. The van der Waals surface area contributed by atoms with E-state index in [0.717, 1.165) is 56.0 Å². The van der Waals surface area contributed by atoms with Crippen molar-refractivity contribution in [1.29, 1.82) is 0 Å². The summed E-state index contributed by atoms with van der Waals surface area (Å²) in [6.07, 6.45) is -1.24. The van der Waals surface area contributed by atoms with Crippen LogP contribution >= 0.6 is 45.2 Å². The average molecular weight is 1840 g/mol. The van der Waals surface area contributed by atoms with Crippen LogP contribution in [0.25, 0.3) is 0 Å². The maximum atomic E-state index is 15.3. The van der Waals surface area contributed by atoms with Crippen LogP contribution in [0, 0.1) is 11.8 Å². The van der Waals surface area contributed by atoms with Gasteiger partial charge >= 0.3 is 11.9 Å². The number of esters is 2. The zero-order chi connectivity index (χ0) is 81.3. The predicted molar refractivity (Wildman–Crippen MR) is 414 cm³/mol. The molecule has 632 valence electrons. The van der Waals surface area contributed by atoms with Crippen molar-refractivity contribution in [3.05, 3.63) is 146 Å². The number of ether oxygens (including phenoxy) is 7. The van der Waals surface area contributed by atoms with Crippen LogP contribution in [0.15, 0.2) is 134 Å². The molecule has 12 rings (SSSR count). The third-order valence-corrected chi connectivity index (χ3v) is 22.0. The fourth-order valence-electron chi connectivity index (χ4n) is 12.9. The quantitative estimate of drug-likeness (QED) is 0.0358. The molecule has 10 aliphatic heterocycles. The van der Waals surface area contributed by atoms with Crippen molar-refractivity contribution in [2.75, 3.05) is 15.5 Å². The van der Waals surface area contributed by atoms with Crippen LogP contribution in [-0.2, 0) is 81.1 Å². The van der Waals surface area contributed by atoms with Crippen LogP contribution < -0.4 is 0 Å². The molecule has 0 radical (unpaired) electrons. The molecule has 5 fully saturated rings. The van der Waals surface area contributed by atoms with Crippen molar-refractivity contribution in [3.63, 3.8) is 0 Å². The Morgan fingerprint density at radius 2 is 0.728 bits per heavy atom. The van der Waals surface area contributed by atoms with Crippen molar-refractivity contribution in [2.24, 2.45) is 11.8 Å². The second kappa shape index (κ2) is 38.4. The molecule has 19 atom stereocenters. The highest BCUT2D eigenvalue weighted by molar-refractivity contribution is 14.1. The number of carbonyl (C=O) groups excluding carboxylic acids is 12. The van der Waals surface area contributed by atoms with Crippen LogP contribution in [0.3, 0.4) is 0 Å². The van der Waals surface area contributed by atoms with E-state index in [1.165, 1.54) is 50.7 Å². The van der Waals surface area contributed by atoms with Gasteiger partial charge in [-0.15, -0.1) is 0 Å². The van der Waals surface area contributed by atoms with Gasteiger partial charge in [-0.2, -0.15) is 0 Å². The van der Waals surface area contributed by atoms with Crippen molar-refractivity contribution in [2.45, 2.75) is 232 Å². The standard InChI is InChI=1S/C20H22FNO5.C19H19FINO5.C11H13FINO5.C11H14FNO6.C11H13NO5.5CH4/c1-4-20(21)13(2)19(3,26-17(25)14-8-6-5-7-9-14)18(27-20)22-11-10-15(23)12-16(22)24;1-12-18(2,26-16(25)13-6-4-3-5-7-13)17(27-19(12,20)11-21)22-9-8-14(23)10-15(22)24;1-10(18)8(17)11(12,5-13)19-9(10)14-3-2-6(15)4-7(14)16;1-10(18)8(17)11(12,5-14)19-9(10)13-3-2-6(15)4-7(13)16;1-6-9(15)11(2,16)10(17-6)12-4-3-7(13)5-8(12)14;;;;;/h5-11,13,18H,4,12H2,1-3H3;3-9,12,17H,10-11H2,1-2H3;2-3,8-9,17-18H,4-5H2,1H3;2-3,8-9,14,17-18H,4-5H2,1H3;3-4,9-10,15-16H,1,5H2,2H3;5*1H4/t13-,18+,19+,20+;12-,17+,18+,19+;2*8-,9+,10+,11+;9-,10-,11-;;;;;/m00001...../s1. The number of hydrogen-bond acceptors (Lipinski definition) is 26. The molecule has 0 unspecified atom stereocenters. The first kappa shape index (κ1) is 100. The first-order valence-corrected chi connectivity index (χ1v) is 36.7. The Morgan fingerprint density at radius 1 is 0.456 bits per heavy atom. The van der Waals surface area contributed by atoms with E-state index in [1.807, 2.05) is 22.6 Å². The molecule has 0 bridgehead atoms. The molecule has 31 nitrogen and oxygen atoms in total. The van der Waals surface area contributed by atoms with E-state index >= 15 is 8.78 Å². The van der Waals surface area contributed by atoms with Gasteiger partial charge in [0, 0.05) is 37.4 Å². The fraction of sp³-hybridized carbons (Fsp3) is 0.532. The average Bonchev–Trinajstić information content (AvgIpc) is 1.59. The Bertz CT molecular complexity index is 3880. The fourth-order valence-corrected chi connectivity index (χ4v) is 14.4. The molecule has 5 saturated heterocycles. The summed E-state index contributed by atoms with van der Waals surface area (Å²) in [6, 6.07) is 16.7. The third-order valence-electron chi connectivity index (χ3n) is 19.9. The molecule has 0 spiro atoms. The molecule has 5 amide bonds. The summed E-state index contributed by atoms with van der Waals surface area (Å²) in [4.78, 5) is 146.